The smallest absolute Gasteiger partial charge is 0.341 e. The molecule has 3 rings (SSSR count). The molecule has 0 amide bonds. The summed E-state index contributed by atoms with van der Waals surface area (Å²) in [7, 11) is 4.40. The number of hydrogen-bond donors (Lipinski definition) is 1. The van der Waals surface area contributed by atoms with Crippen LogP contribution in [0.3, 0.4) is 0 Å². The van der Waals surface area contributed by atoms with E-state index >= 15 is 0 Å². The van der Waals surface area contributed by atoms with Gasteiger partial charge in [0, 0.05) is 5.56 Å². The van der Waals surface area contributed by atoms with Crippen molar-refractivity contribution in [2.75, 3.05) is 26.8 Å². The standard InChI is InChI=1S/C27H28N2O5/c1-19(28-29-22-11-6-5-7-12-22)20-14-15-25(32-3)26(16-20)34-17-21-10-8-9-13-23(21)24(18-31-2)27(30)33-4/h5-16,18,29H,17H2,1-4H3. The van der Waals surface area contributed by atoms with Crippen molar-refractivity contribution in [2.24, 2.45) is 5.10 Å². The molecule has 0 bridgehead atoms. The number of carbonyl (C=O) groups excluding carboxylic acids is 1. The third-order valence-corrected chi connectivity index (χ3v) is 5.04. The zero-order valence-electron chi connectivity index (χ0n) is 19.7. The van der Waals surface area contributed by atoms with Crippen LogP contribution in [0.5, 0.6) is 11.5 Å². The molecular weight excluding hydrogens is 432 g/mol. The number of ether oxygens (including phenoxy) is 4. The Labute approximate surface area is 199 Å². The molecule has 0 unspecified atom stereocenters. The Morgan fingerprint density at radius 3 is 2.38 bits per heavy atom. The average molecular weight is 461 g/mol. The van der Waals surface area contributed by atoms with Crippen LogP contribution in [0.15, 0.2) is 84.2 Å². The van der Waals surface area contributed by atoms with Gasteiger partial charge in [0.15, 0.2) is 11.5 Å². The Kier molecular flexibility index (Phi) is 8.68. The first-order chi connectivity index (χ1) is 16.6. The highest BCUT2D eigenvalue weighted by atomic mass is 16.5. The third-order valence-electron chi connectivity index (χ3n) is 5.04. The van der Waals surface area contributed by atoms with Crippen LogP contribution < -0.4 is 14.9 Å². The van der Waals surface area contributed by atoms with Crippen molar-refractivity contribution >= 4 is 22.9 Å². The molecule has 34 heavy (non-hydrogen) atoms. The Bertz CT molecular complexity index is 1170. The Morgan fingerprint density at radius 2 is 1.68 bits per heavy atom. The minimum Gasteiger partial charge on any atom is -0.503 e. The maximum Gasteiger partial charge on any atom is 0.341 e. The van der Waals surface area contributed by atoms with Crippen molar-refractivity contribution in [3.05, 3.63) is 95.7 Å². The van der Waals surface area contributed by atoms with Crippen molar-refractivity contribution in [3.63, 3.8) is 0 Å². The second-order valence-electron chi connectivity index (χ2n) is 7.25. The molecule has 0 saturated heterocycles. The zero-order valence-corrected chi connectivity index (χ0v) is 19.7. The van der Waals surface area contributed by atoms with E-state index in [0.29, 0.717) is 22.6 Å². The molecule has 0 atom stereocenters. The first-order valence-electron chi connectivity index (χ1n) is 10.6. The van der Waals surface area contributed by atoms with Crippen LogP contribution in [0, 0.1) is 0 Å². The van der Waals surface area contributed by atoms with E-state index < -0.39 is 5.97 Å². The molecule has 0 fully saturated rings. The Morgan fingerprint density at radius 1 is 0.941 bits per heavy atom. The molecule has 0 radical (unpaired) electrons. The monoisotopic (exact) mass is 460 g/mol. The fourth-order valence-electron chi connectivity index (χ4n) is 3.25. The van der Waals surface area contributed by atoms with Crippen LogP contribution >= 0.6 is 0 Å². The number of hydrazone groups is 1. The van der Waals surface area contributed by atoms with E-state index in [1.54, 1.807) is 7.11 Å². The van der Waals surface area contributed by atoms with Crippen molar-refractivity contribution in [1.82, 2.24) is 0 Å². The predicted octanol–water partition coefficient (Wildman–Crippen LogP) is 5.27. The van der Waals surface area contributed by atoms with E-state index in [9.17, 15) is 4.79 Å². The van der Waals surface area contributed by atoms with E-state index in [1.165, 1.54) is 20.5 Å². The van der Waals surface area contributed by atoms with Gasteiger partial charge in [-0.3, -0.25) is 5.43 Å². The topological polar surface area (TPSA) is 78.4 Å². The van der Waals surface area contributed by atoms with Gasteiger partial charge in [-0.15, -0.1) is 0 Å². The lowest BCUT2D eigenvalue weighted by atomic mass is 10.0. The van der Waals surface area contributed by atoms with E-state index in [2.05, 4.69) is 10.5 Å². The molecular formula is C27H28N2O5. The minimum atomic E-state index is -0.494. The molecule has 176 valence electrons. The first kappa shape index (κ1) is 24.4. The van der Waals surface area contributed by atoms with Crippen LogP contribution in [-0.4, -0.2) is 33.0 Å². The molecule has 3 aromatic carbocycles. The number of hydrogen-bond acceptors (Lipinski definition) is 7. The lowest BCUT2D eigenvalue weighted by Crippen LogP contribution is -2.09. The van der Waals surface area contributed by atoms with Gasteiger partial charge in [0.2, 0.25) is 0 Å². The molecule has 0 aliphatic carbocycles. The van der Waals surface area contributed by atoms with E-state index in [-0.39, 0.29) is 6.61 Å². The number of methoxy groups -OCH3 is 3. The second kappa shape index (κ2) is 12.1. The fraction of sp³-hybridized carbons (Fsp3) is 0.185. The molecule has 7 nitrogen and oxygen atoms in total. The summed E-state index contributed by atoms with van der Waals surface area (Å²) in [5.74, 6) is 0.650. The summed E-state index contributed by atoms with van der Waals surface area (Å²) in [5, 5.41) is 4.46. The Balaban J connectivity index is 1.84. The molecule has 0 aromatic heterocycles. The number of esters is 1. The SMILES string of the molecule is COC=C(C(=O)OC)c1ccccc1COc1cc(C(C)=NNc2ccccc2)ccc1OC. The van der Waals surface area contributed by atoms with Crippen molar-refractivity contribution in [3.8, 4) is 11.5 Å². The van der Waals surface area contributed by atoms with Gasteiger partial charge in [-0.25, -0.2) is 4.79 Å². The molecule has 7 heteroatoms. The number of rotatable bonds is 10. The summed E-state index contributed by atoms with van der Waals surface area (Å²) in [6, 6.07) is 22.8. The first-order valence-corrected chi connectivity index (χ1v) is 10.6. The molecule has 0 aliphatic heterocycles. The zero-order chi connectivity index (χ0) is 24.3. The van der Waals surface area contributed by atoms with Crippen molar-refractivity contribution in [1.29, 1.82) is 0 Å². The molecule has 3 aromatic rings. The molecule has 0 spiro atoms. The van der Waals surface area contributed by atoms with Crippen LogP contribution in [-0.2, 0) is 20.9 Å². The van der Waals surface area contributed by atoms with Crippen LogP contribution in [0.2, 0.25) is 0 Å². The van der Waals surface area contributed by atoms with E-state index in [4.69, 9.17) is 18.9 Å². The fourth-order valence-corrected chi connectivity index (χ4v) is 3.25. The van der Waals surface area contributed by atoms with Gasteiger partial charge in [0.1, 0.15) is 12.2 Å². The van der Waals surface area contributed by atoms with E-state index in [0.717, 1.165) is 22.5 Å². The lowest BCUT2D eigenvalue weighted by Gasteiger charge is -2.15. The van der Waals surface area contributed by atoms with Crippen molar-refractivity contribution in [2.45, 2.75) is 13.5 Å². The quantitative estimate of drug-likeness (QED) is 0.146. The summed E-state index contributed by atoms with van der Waals surface area (Å²) in [6.45, 7) is 2.11. The highest BCUT2D eigenvalue weighted by molar-refractivity contribution is 6.16. The van der Waals surface area contributed by atoms with Gasteiger partial charge >= 0.3 is 5.97 Å². The van der Waals surface area contributed by atoms with Crippen LogP contribution in [0.1, 0.15) is 23.6 Å². The van der Waals surface area contributed by atoms with Gasteiger partial charge in [0.05, 0.1) is 39.0 Å². The highest BCUT2D eigenvalue weighted by Crippen LogP contribution is 2.30. The summed E-state index contributed by atoms with van der Waals surface area (Å²) in [6.07, 6.45) is 1.37. The maximum atomic E-state index is 12.3. The van der Waals surface area contributed by atoms with Gasteiger partial charge in [-0.1, -0.05) is 42.5 Å². The van der Waals surface area contributed by atoms with Gasteiger partial charge in [-0.05, 0) is 48.4 Å². The Hall–Kier alpha value is -4.26. The third kappa shape index (κ3) is 6.16. The number of benzene rings is 3. The number of nitrogens with zero attached hydrogens (tertiary/aromatic N) is 1. The molecule has 0 aliphatic rings. The number of carbonyl (C=O) groups is 1. The minimum absolute atomic E-state index is 0.201. The summed E-state index contributed by atoms with van der Waals surface area (Å²) < 4.78 is 21.6. The van der Waals surface area contributed by atoms with Crippen LogP contribution in [0.4, 0.5) is 5.69 Å². The molecule has 0 heterocycles. The largest absolute Gasteiger partial charge is 0.503 e. The summed E-state index contributed by atoms with van der Waals surface area (Å²) >= 11 is 0. The lowest BCUT2D eigenvalue weighted by molar-refractivity contribution is -0.133. The van der Waals surface area contributed by atoms with Gasteiger partial charge in [0.25, 0.3) is 0 Å². The number of nitrogens with one attached hydrogen (secondary N) is 1. The highest BCUT2D eigenvalue weighted by Gasteiger charge is 2.17. The predicted molar refractivity (Wildman–Crippen MR) is 133 cm³/mol. The normalized spacial score (nSPS) is 11.5. The summed E-state index contributed by atoms with van der Waals surface area (Å²) in [5.41, 5.74) is 7.37. The number of para-hydroxylation sites is 1. The van der Waals surface area contributed by atoms with Crippen molar-refractivity contribution < 1.29 is 23.7 Å². The molecule has 1 N–H and O–H groups in total. The second-order valence-corrected chi connectivity index (χ2v) is 7.25. The molecule has 0 saturated carbocycles. The van der Waals surface area contributed by atoms with Gasteiger partial charge in [-0.2, -0.15) is 5.10 Å². The average Bonchev–Trinajstić information content (AvgIpc) is 2.89. The van der Waals surface area contributed by atoms with Gasteiger partial charge < -0.3 is 18.9 Å². The van der Waals surface area contributed by atoms with Crippen LogP contribution in [0.25, 0.3) is 5.57 Å². The number of anilines is 1. The van der Waals surface area contributed by atoms with E-state index in [1.807, 2.05) is 79.7 Å². The summed E-state index contributed by atoms with van der Waals surface area (Å²) in [4.78, 5) is 12.3. The maximum absolute atomic E-state index is 12.3.